The Morgan fingerprint density at radius 2 is 1.82 bits per heavy atom. The van der Waals surface area contributed by atoms with Gasteiger partial charge in [0.15, 0.2) is 0 Å². The predicted octanol–water partition coefficient (Wildman–Crippen LogP) is 4.22. The molecule has 1 saturated heterocycles. The second-order valence-corrected chi connectivity index (χ2v) is 9.00. The smallest absolute Gasteiger partial charge is 0.225 e. The first-order chi connectivity index (χ1) is 13.6. The summed E-state index contributed by atoms with van der Waals surface area (Å²) in [6, 6.07) is 11.5. The average Bonchev–Trinajstić information content (AvgIpc) is 3.57. The summed E-state index contributed by atoms with van der Waals surface area (Å²) in [5, 5.41) is 13.1. The van der Waals surface area contributed by atoms with Crippen molar-refractivity contribution in [3.05, 3.63) is 47.2 Å². The van der Waals surface area contributed by atoms with Gasteiger partial charge in [0.2, 0.25) is 5.95 Å². The molecule has 4 aliphatic rings. The molecule has 2 aliphatic heterocycles. The number of nitrogens with one attached hydrogen (secondary N) is 1. The van der Waals surface area contributed by atoms with Crippen molar-refractivity contribution < 1.29 is 5.11 Å². The third-order valence-corrected chi connectivity index (χ3v) is 6.71. The van der Waals surface area contributed by atoms with Crippen molar-refractivity contribution in [2.45, 2.75) is 63.5 Å². The first kappa shape index (κ1) is 17.9. The van der Waals surface area contributed by atoms with E-state index in [4.69, 9.17) is 9.97 Å². The molecular formula is C23H30N4O. The lowest BCUT2D eigenvalue weighted by Gasteiger charge is -2.47. The lowest BCUT2D eigenvalue weighted by Crippen LogP contribution is -2.43. The molecule has 1 saturated carbocycles. The Kier molecular flexibility index (Phi) is 4.50. The molecule has 5 heteroatoms. The monoisotopic (exact) mass is 378 g/mol. The number of hydrogen-bond acceptors (Lipinski definition) is 5. The second kappa shape index (κ2) is 7.03. The van der Waals surface area contributed by atoms with E-state index in [0.29, 0.717) is 29.7 Å². The number of hydrogen-bond donors (Lipinski definition) is 2. The van der Waals surface area contributed by atoms with Gasteiger partial charge in [-0.1, -0.05) is 38.1 Å². The van der Waals surface area contributed by atoms with E-state index in [-0.39, 0.29) is 12.6 Å². The zero-order chi connectivity index (χ0) is 19.3. The van der Waals surface area contributed by atoms with Gasteiger partial charge in [-0.3, -0.25) is 0 Å². The van der Waals surface area contributed by atoms with Gasteiger partial charge >= 0.3 is 0 Å². The quantitative estimate of drug-likeness (QED) is 0.788. The van der Waals surface area contributed by atoms with Crippen LogP contribution >= 0.6 is 0 Å². The highest BCUT2D eigenvalue weighted by atomic mass is 16.3. The Labute approximate surface area is 167 Å². The van der Waals surface area contributed by atoms with E-state index in [0.717, 1.165) is 18.1 Å². The number of fused-ring (bicyclic) bond motifs is 2. The highest BCUT2D eigenvalue weighted by molar-refractivity contribution is 5.54. The van der Waals surface area contributed by atoms with E-state index in [1.54, 1.807) is 0 Å². The number of anilines is 2. The fourth-order valence-corrected chi connectivity index (χ4v) is 4.83. The predicted molar refractivity (Wildman–Crippen MR) is 112 cm³/mol. The third kappa shape index (κ3) is 3.16. The van der Waals surface area contributed by atoms with Crippen molar-refractivity contribution in [2.75, 3.05) is 23.4 Å². The number of piperidine rings is 1. The van der Waals surface area contributed by atoms with Crippen molar-refractivity contribution >= 4 is 11.8 Å². The van der Waals surface area contributed by atoms with Crippen LogP contribution in [0.5, 0.6) is 0 Å². The van der Waals surface area contributed by atoms with Gasteiger partial charge in [-0.2, -0.15) is 4.98 Å². The summed E-state index contributed by atoms with van der Waals surface area (Å²) in [4.78, 5) is 12.2. The van der Waals surface area contributed by atoms with Gasteiger partial charge in [0.05, 0.1) is 24.4 Å². The molecule has 2 aliphatic carbocycles. The summed E-state index contributed by atoms with van der Waals surface area (Å²) < 4.78 is 0. The highest BCUT2D eigenvalue weighted by Gasteiger charge is 2.39. The molecule has 3 heterocycles. The molecular weight excluding hydrogens is 348 g/mol. The molecule has 2 bridgehead atoms. The van der Waals surface area contributed by atoms with E-state index in [1.165, 1.54) is 36.8 Å². The van der Waals surface area contributed by atoms with Gasteiger partial charge in [-0.15, -0.1) is 0 Å². The Morgan fingerprint density at radius 1 is 1.07 bits per heavy atom. The second-order valence-electron chi connectivity index (χ2n) is 9.00. The number of nitrogens with zero attached hydrogens (tertiary/aromatic N) is 3. The van der Waals surface area contributed by atoms with Crippen LogP contribution in [0.25, 0.3) is 0 Å². The van der Waals surface area contributed by atoms with E-state index >= 15 is 0 Å². The minimum absolute atomic E-state index is 0.0270. The van der Waals surface area contributed by atoms with Crippen LogP contribution < -0.4 is 10.2 Å². The molecule has 1 aromatic carbocycles. The molecule has 0 unspecified atom stereocenters. The maximum atomic E-state index is 9.73. The zero-order valence-electron chi connectivity index (χ0n) is 16.8. The Hall–Kier alpha value is -2.14. The van der Waals surface area contributed by atoms with Crippen LogP contribution in [-0.2, 0) is 0 Å². The van der Waals surface area contributed by atoms with Crippen LogP contribution in [0.3, 0.4) is 0 Å². The van der Waals surface area contributed by atoms with Gasteiger partial charge < -0.3 is 15.3 Å². The van der Waals surface area contributed by atoms with Crippen LogP contribution in [0.15, 0.2) is 30.3 Å². The largest absolute Gasteiger partial charge is 0.394 e. The summed E-state index contributed by atoms with van der Waals surface area (Å²) in [5.74, 6) is 3.20. The summed E-state index contributed by atoms with van der Waals surface area (Å²) in [5.41, 5.74) is 4.16. The number of aromatic nitrogens is 2. The van der Waals surface area contributed by atoms with Crippen molar-refractivity contribution in [1.82, 2.24) is 9.97 Å². The average molecular weight is 379 g/mol. The van der Waals surface area contributed by atoms with Gasteiger partial charge in [-0.05, 0) is 42.7 Å². The summed E-state index contributed by atoms with van der Waals surface area (Å²) in [6.45, 7) is 5.35. The minimum atomic E-state index is -0.0270. The topological polar surface area (TPSA) is 61.3 Å². The first-order valence-corrected chi connectivity index (χ1v) is 10.8. The summed E-state index contributed by atoms with van der Waals surface area (Å²) in [7, 11) is 0. The van der Waals surface area contributed by atoms with Crippen molar-refractivity contribution in [1.29, 1.82) is 0 Å². The molecule has 2 fully saturated rings. The van der Waals surface area contributed by atoms with Crippen LogP contribution in [0.4, 0.5) is 11.8 Å². The molecule has 3 atom stereocenters. The Morgan fingerprint density at radius 3 is 2.54 bits per heavy atom. The van der Waals surface area contributed by atoms with Crippen molar-refractivity contribution in [3.63, 3.8) is 0 Å². The lowest BCUT2D eigenvalue weighted by molar-refractivity contribution is 0.248. The molecule has 28 heavy (non-hydrogen) atoms. The van der Waals surface area contributed by atoms with E-state index in [1.807, 2.05) is 0 Å². The Bertz CT molecular complexity index is 863. The first-order valence-electron chi connectivity index (χ1n) is 10.8. The van der Waals surface area contributed by atoms with Crippen molar-refractivity contribution in [2.24, 2.45) is 5.92 Å². The van der Waals surface area contributed by atoms with Gasteiger partial charge in [0.1, 0.15) is 5.82 Å². The fourth-order valence-electron chi connectivity index (χ4n) is 4.83. The van der Waals surface area contributed by atoms with Crippen LogP contribution in [0.2, 0.25) is 0 Å². The molecule has 5 nitrogen and oxygen atoms in total. The maximum absolute atomic E-state index is 9.73. The normalized spacial score (nSPS) is 24.4. The molecule has 2 N–H and O–H groups in total. The summed E-state index contributed by atoms with van der Waals surface area (Å²) in [6.07, 6.45) is 4.90. The maximum Gasteiger partial charge on any atom is 0.225 e. The molecule has 0 spiro atoms. The number of rotatable bonds is 6. The molecule has 148 valence electrons. The van der Waals surface area contributed by atoms with Crippen LogP contribution in [0, 0.1) is 5.92 Å². The SMILES string of the molecule is CC(C)[C@@H](CO)Nc1nc(C2CC2)cc(N2C[C@H]3CC[C@H]2c2ccccc23)n1. The molecule has 2 aromatic rings. The number of aliphatic hydroxyl groups is 1. The van der Waals surface area contributed by atoms with Crippen molar-refractivity contribution in [3.8, 4) is 0 Å². The fraction of sp³-hybridized carbons (Fsp3) is 0.565. The van der Waals surface area contributed by atoms with E-state index in [2.05, 4.69) is 54.4 Å². The molecule has 1 aromatic heterocycles. The standard InChI is InChI=1S/C23H30N4O/c1-14(2)20(13-28)25-23-24-19(15-7-8-15)11-22(26-23)27-12-16-9-10-21(27)18-6-4-3-5-17(16)18/h3-6,11,14-16,20-21,28H,7-10,12-13H2,1-2H3,(H,24,25,26)/t16-,20-,21+/m1/s1. The van der Waals surface area contributed by atoms with E-state index < -0.39 is 0 Å². The summed E-state index contributed by atoms with van der Waals surface area (Å²) >= 11 is 0. The van der Waals surface area contributed by atoms with E-state index in [9.17, 15) is 5.11 Å². The van der Waals surface area contributed by atoms with Gasteiger partial charge in [-0.25, -0.2) is 4.98 Å². The Balaban J connectivity index is 1.50. The zero-order valence-corrected chi connectivity index (χ0v) is 16.8. The molecule has 0 amide bonds. The number of aliphatic hydroxyl groups excluding tert-OH is 1. The third-order valence-electron chi connectivity index (χ3n) is 6.71. The van der Waals surface area contributed by atoms with Crippen LogP contribution in [0.1, 0.15) is 74.2 Å². The molecule has 0 radical (unpaired) electrons. The molecule has 6 rings (SSSR count). The van der Waals surface area contributed by atoms with Crippen LogP contribution in [-0.4, -0.2) is 34.3 Å². The van der Waals surface area contributed by atoms with Gasteiger partial charge in [0, 0.05) is 24.4 Å². The lowest BCUT2D eigenvalue weighted by atomic mass is 9.75. The number of benzene rings is 1. The van der Waals surface area contributed by atoms with Gasteiger partial charge in [0.25, 0.3) is 0 Å². The minimum Gasteiger partial charge on any atom is -0.394 e. The highest BCUT2D eigenvalue weighted by Crippen LogP contribution is 2.48.